The minimum Gasteiger partial charge on any atom is -0.507 e. The molecule has 1 atom stereocenters. The third-order valence-corrected chi connectivity index (χ3v) is 5.32. The first-order chi connectivity index (χ1) is 15.9. The molecule has 0 saturated carbocycles. The number of hydrogen-bond acceptors (Lipinski definition) is 7. The van der Waals surface area contributed by atoms with Crippen LogP contribution in [0.15, 0.2) is 64.7 Å². The fourth-order valence-electron chi connectivity index (χ4n) is 3.75. The van der Waals surface area contributed by atoms with Gasteiger partial charge in [-0.2, -0.15) is 0 Å². The third kappa shape index (κ3) is 4.19. The lowest BCUT2D eigenvalue weighted by atomic mass is 9.95. The van der Waals surface area contributed by atoms with Crippen molar-refractivity contribution < 1.29 is 28.7 Å². The van der Waals surface area contributed by atoms with Crippen LogP contribution in [0.1, 0.15) is 36.3 Å². The van der Waals surface area contributed by atoms with E-state index in [1.165, 1.54) is 12.0 Å². The molecule has 0 bridgehead atoms. The Morgan fingerprint density at radius 1 is 1.12 bits per heavy atom. The van der Waals surface area contributed by atoms with E-state index in [0.717, 1.165) is 6.42 Å². The molecule has 1 aliphatic rings. The number of Topliss-reactive ketones (excluding diaryl/α,β-unsaturated/α-hetero) is 1. The molecule has 1 N–H and O–H groups in total. The molecule has 1 aromatic heterocycles. The smallest absolute Gasteiger partial charge is 0.301 e. The second-order valence-corrected chi connectivity index (χ2v) is 7.61. The molecular formula is C25H24N2O6. The Hall–Kier alpha value is -4.07. The van der Waals surface area contributed by atoms with Crippen molar-refractivity contribution >= 4 is 23.3 Å². The molecule has 4 rings (SSSR count). The molecule has 1 fully saturated rings. The molecule has 33 heavy (non-hydrogen) atoms. The lowest BCUT2D eigenvalue weighted by Crippen LogP contribution is -2.29. The highest BCUT2D eigenvalue weighted by atomic mass is 16.5. The minimum absolute atomic E-state index is 0.0452. The van der Waals surface area contributed by atoms with E-state index in [-0.39, 0.29) is 17.2 Å². The number of ether oxygens (including phenoxy) is 2. The Labute approximate surface area is 191 Å². The number of amides is 1. The molecule has 170 valence electrons. The highest BCUT2D eigenvalue weighted by molar-refractivity contribution is 6.51. The first kappa shape index (κ1) is 22.1. The minimum atomic E-state index is -0.916. The van der Waals surface area contributed by atoms with Crippen LogP contribution in [-0.4, -0.2) is 35.7 Å². The molecule has 3 aromatic rings. The maximum absolute atomic E-state index is 13.1. The molecule has 1 aliphatic heterocycles. The molecule has 1 saturated heterocycles. The Morgan fingerprint density at radius 2 is 1.88 bits per heavy atom. The van der Waals surface area contributed by atoms with Gasteiger partial charge in [0.1, 0.15) is 23.0 Å². The summed E-state index contributed by atoms with van der Waals surface area (Å²) < 4.78 is 16.1. The summed E-state index contributed by atoms with van der Waals surface area (Å²) in [5, 5.41) is 15.1. The van der Waals surface area contributed by atoms with Crippen molar-refractivity contribution in [3.63, 3.8) is 0 Å². The van der Waals surface area contributed by atoms with Gasteiger partial charge in [-0.05, 0) is 55.3 Å². The van der Waals surface area contributed by atoms with E-state index in [0.29, 0.717) is 35.0 Å². The molecule has 2 heterocycles. The highest BCUT2D eigenvalue weighted by Gasteiger charge is 2.48. The number of aliphatic hydroxyl groups is 1. The fraction of sp³-hybridized carbons (Fsp3) is 0.240. The van der Waals surface area contributed by atoms with Gasteiger partial charge in [0.25, 0.3) is 5.78 Å². The van der Waals surface area contributed by atoms with Crippen LogP contribution in [-0.2, 0) is 9.59 Å². The van der Waals surface area contributed by atoms with Crippen molar-refractivity contribution in [2.24, 2.45) is 0 Å². The molecule has 0 spiro atoms. The van der Waals surface area contributed by atoms with Crippen molar-refractivity contribution in [1.29, 1.82) is 0 Å². The van der Waals surface area contributed by atoms with Gasteiger partial charge >= 0.3 is 5.91 Å². The van der Waals surface area contributed by atoms with E-state index in [1.807, 2.05) is 6.92 Å². The van der Waals surface area contributed by atoms with Gasteiger partial charge in [0, 0.05) is 11.6 Å². The van der Waals surface area contributed by atoms with Crippen molar-refractivity contribution in [3.8, 4) is 11.5 Å². The van der Waals surface area contributed by atoms with Crippen molar-refractivity contribution in [1.82, 2.24) is 5.16 Å². The number of rotatable bonds is 7. The summed E-state index contributed by atoms with van der Waals surface area (Å²) in [6.45, 7) is 4.27. The van der Waals surface area contributed by atoms with E-state index in [9.17, 15) is 14.7 Å². The van der Waals surface area contributed by atoms with Crippen molar-refractivity contribution in [3.05, 3.63) is 77.1 Å². The number of ketones is 1. The molecule has 0 unspecified atom stereocenters. The van der Waals surface area contributed by atoms with Gasteiger partial charge in [0.05, 0.1) is 25.3 Å². The number of carbonyl (C=O) groups excluding carboxylic acids is 2. The largest absolute Gasteiger partial charge is 0.507 e. The number of aliphatic hydroxyl groups excluding tert-OH is 1. The van der Waals surface area contributed by atoms with E-state index < -0.39 is 17.7 Å². The fourth-order valence-corrected chi connectivity index (χ4v) is 3.75. The normalized spacial score (nSPS) is 17.4. The maximum Gasteiger partial charge on any atom is 0.301 e. The average Bonchev–Trinajstić information content (AvgIpc) is 3.38. The molecular weight excluding hydrogens is 424 g/mol. The molecule has 0 radical (unpaired) electrons. The van der Waals surface area contributed by atoms with Crippen LogP contribution in [0.2, 0.25) is 0 Å². The molecule has 8 heteroatoms. The number of aromatic nitrogens is 1. The van der Waals surface area contributed by atoms with Crippen LogP contribution in [0.3, 0.4) is 0 Å². The summed E-state index contributed by atoms with van der Waals surface area (Å²) in [5.41, 5.74) is 0.927. The zero-order valence-electron chi connectivity index (χ0n) is 18.6. The van der Waals surface area contributed by atoms with Gasteiger partial charge in [0.15, 0.2) is 5.82 Å². The first-order valence-corrected chi connectivity index (χ1v) is 10.6. The van der Waals surface area contributed by atoms with Crippen LogP contribution in [0.5, 0.6) is 11.5 Å². The number of methoxy groups -OCH3 is 1. The summed E-state index contributed by atoms with van der Waals surface area (Å²) in [5.74, 6) is -0.0364. The number of nitrogens with zero attached hydrogens (tertiary/aromatic N) is 2. The lowest BCUT2D eigenvalue weighted by molar-refractivity contribution is -0.132. The zero-order chi connectivity index (χ0) is 23.5. The Bertz CT molecular complexity index is 1210. The summed E-state index contributed by atoms with van der Waals surface area (Å²) in [6, 6.07) is 14.4. The van der Waals surface area contributed by atoms with Crippen LogP contribution in [0.4, 0.5) is 5.82 Å². The van der Waals surface area contributed by atoms with Gasteiger partial charge in [0.2, 0.25) is 0 Å². The van der Waals surface area contributed by atoms with Crippen molar-refractivity contribution in [2.75, 3.05) is 18.6 Å². The number of hydrogen-bond donors (Lipinski definition) is 1. The van der Waals surface area contributed by atoms with E-state index in [1.54, 1.807) is 61.5 Å². The van der Waals surface area contributed by atoms with Crippen LogP contribution in [0, 0.1) is 6.92 Å². The van der Waals surface area contributed by atoms with Gasteiger partial charge in [-0.15, -0.1) is 0 Å². The van der Waals surface area contributed by atoms with Crippen LogP contribution in [0.25, 0.3) is 5.76 Å². The second kappa shape index (κ2) is 9.20. The van der Waals surface area contributed by atoms with Gasteiger partial charge < -0.3 is 19.1 Å². The molecule has 8 nitrogen and oxygen atoms in total. The average molecular weight is 448 g/mol. The summed E-state index contributed by atoms with van der Waals surface area (Å²) in [7, 11) is 1.53. The van der Waals surface area contributed by atoms with Crippen LogP contribution < -0.4 is 14.4 Å². The lowest BCUT2D eigenvalue weighted by Gasteiger charge is -2.23. The predicted octanol–water partition coefficient (Wildman–Crippen LogP) is 4.41. The SMILES string of the molecule is CCCOc1ccc(C(O)=C2C(=O)C(=O)N(c3cc(C)on3)[C@@H]2c2cccc(OC)c2)cc1. The topological polar surface area (TPSA) is 102 Å². The Balaban J connectivity index is 1.85. The van der Waals surface area contributed by atoms with Gasteiger partial charge in [-0.1, -0.05) is 24.2 Å². The second-order valence-electron chi connectivity index (χ2n) is 7.61. The molecule has 1 amide bonds. The van der Waals surface area contributed by atoms with Gasteiger partial charge in [-0.25, -0.2) is 0 Å². The Kier molecular flexibility index (Phi) is 6.17. The first-order valence-electron chi connectivity index (χ1n) is 10.6. The monoisotopic (exact) mass is 448 g/mol. The van der Waals surface area contributed by atoms with Gasteiger partial charge in [-0.3, -0.25) is 14.5 Å². The summed E-state index contributed by atoms with van der Waals surface area (Å²) in [4.78, 5) is 27.4. The quantitative estimate of drug-likeness (QED) is 0.325. The maximum atomic E-state index is 13.1. The zero-order valence-corrected chi connectivity index (χ0v) is 18.6. The van der Waals surface area contributed by atoms with Crippen LogP contribution >= 0.6 is 0 Å². The highest BCUT2D eigenvalue weighted by Crippen LogP contribution is 2.42. The molecule has 0 aliphatic carbocycles. The number of aryl methyl sites for hydroxylation is 1. The number of carbonyl (C=O) groups is 2. The Morgan fingerprint density at radius 3 is 2.52 bits per heavy atom. The molecule has 2 aromatic carbocycles. The number of benzene rings is 2. The predicted molar refractivity (Wildman–Crippen MR) is 121 cm³/mol. The van der Waals surface area contributed by atoms with E-state index in [2.05, 4.69) is 5.16 Å². The standard InChI is InChI=1S/C25H24N2O6/c1-4-12-32-18-10-8-16(9-11-18)23(28)21-22(17-6-5-7-19(14-17)31-3)27(25(30)24(21)29)20-13-15(2)33-26-20/h5-11,13-14,22,28H,4,12H2,1-3H3/t22-/m1/s1. The summed E-state index contributed by atoms with van der Waals surface area (Å²) >= 11 is 0. The van der Waals surface area contributed by atoms with Crippen molar-refractivity contribution in [2.45, 2.75) is 26.3 Å². The number of anilines is 1. The summed E-state index contributed by atoms with van der Waals surface area (Å²) in [6.07, 6.45) is 0.868. The van der Waals surface area contributed by atoms with E-state index in [4.69, 9.17) is 14.0 Å². The third-order valence-electron chi connectivity index (χ3n) is 5.32. The van der Waals surface area contributed by atoms with E-state index >= 15 is 0 Å².